The Bertz CT molecular complexity index is 1200. The van der Waals surface area contributed by atoms with E-state index in [2.05, 4.69) is 5.32 Å². The monoisotopic (exact) mass is 477 g/mol. The van der Waals surface area contributed by atoms with Crippen molar-refractivity contribution in [3.63, 3.8) is 0 Å². The maximum absolute atomic E-state index is 13.3. The van der Waals surface area contributed by atoms with Gasteiger partial charge >= 0.3 is 12.1 Å². The summed E-state index contributed by atoms with van der Waals surface area (Å²) in [6.07, 6.45) is -0.921. The minimum atomic E-state index is -1.24. The quantitative estimate of drug-likeness (QED) is 0.348. The van der Waals surface area contributed by atoms with Gasteiger partial charge in [0.25, 0.3) is 0 Å². The minimum Gasteiger partial charge on any atom is -0.435 e. The molecule has 0 spiro atoms. The van der Waals surface area contributed by atoms with E-state index in [0.29, 0.717) is 17.0 Å². The SMILES string of the molecule is C[C@@H]1[C@H](C(=O)c2ccc(-c3ccc(Cl)cc3)cc2)CC[N@+]1(C(=O)O)C(=O)NCc1ccccc1. The van der Waals surface area contributed by atoms with E-state index in [4.69, 9.17) is 11.6 Å². The molecule has 7 heteroatoms. The van der Waals surface area contributed by atoms with Gasteiger partial charge in [-0.25, -0.2) is 4.79 Å². The van der Waals surface area contributed by atoms with Gasteiger partial charge in [-0.1, -0.05) is 78.3 Å². The van der Waals surface area contributed by atoms with Crippen LogP contribution < -0.4 is 5.32 Å². The van der Waals surface area contributed by atoms with Gasteiger partial charge in [-0.05, 0) is 35.7 Å². The fraction of sp³-hybridized carbons (Fsp3) is 0.222. The highest BCUT2D eigenvalue weighted by molar-refractivity contribution is 6.30. The minimum absolute atomic E-state index is 0.0659. The number of rotatable bonds is 5. The van der Waals surface area contributed by atoms with Gasteiger partial charge in [0.05, 0.1) is 12.5 Å². The zero-order chi connectivity index (χ0) is 24.3. The number of likely N-dealkylation sites (tertiary alicyclic amines) is 1. The van der Waals surface area contributed by atoms with Crippen molar-refractivity contribution < 1.29 is 24.0 Å². The lowest BCUT2D eigenvalue weighted by Crippen LogP contribution is -2.63. The molecule has 3 atom stereocenters. The number of imide groups is 1. The fourth-order valence-electron chi connectivity index (χ4n) is 4.69. The summed E-state index contributed by atoms with van der Waals surface area (Å²) in [6.45, 7) is 1.97. The number of carboxylic acid groups (broad SMARTS) is 1. The van der Waals surface area contributed by atoms with Crippen LogP contribution in [0.15, 0.2) is 78.9 Å². The predicted molar refractivity (Wildman–Crippen MR) is 131 cm³/mol. The standard InChI is InChI=1S/C27H25ClN2O4/c1-18-24(25(31)22-9-7-20(8-10-22)21-11-13-23(28)14-12-21)15-16-30(18,27(33)34)26(32)29-17-19-5-3-2-4-6-19/h2-14,18,24H,15-17H2,1H3,(H-,29,32,33,34)/p+1/t18-,24-,30-/m1/s1. The van der Waals surface area contributed by atoms with Crippen molar-refractivity contribution in [1.82, 2.24) is 5.32 Å². The molecule has 0 bridgehead atoms. The molecule has 3 aromatic rings. The van der Waals surface area contributed by atoms with Crippen LogP contribution in [0.4, 0.5) is 9.59 Å². The van der Waals surface area contributed by atoms with Crippen LogP contribution in [0.2, 0.25) is 5.02 Å². The van der Waals surface area contributed by atoms with Crippen molar-refractivity contribution in [1.29, 1.82) is 0 Å². The summed E-state index contributed by atoms with van der Waals surface area (Å²) in [5, 5.41) is 13.5. The number of quaternary nitrogens is 1. The molecule has 6 nitrogen and oxygen atoms in total. The molecule has 0 unspecified atom stereocenters. The van der Waals surface area contributed by atoms with E-state index in [9.17, 15) is 19.5 Å². The number of nitrogens with one attached hydrogen (secondary N) is 1. The molecular formula is C27H26ClN2O4+. The number of urea groups is 1. The second-order valence-electron chi connectivity index (χ2n) is 8.60. The van der Waals surface area contributed by atoms with Crippen LogP contribution in [0.5, 0.6) is 0 Å². The average Bonchev–Trinajstić information content (AvgIpc) is 3.21. The second kappa shape index (κ2) is 9.79. The van der Waals surface area contributed by atoms with Crippen molar-refractivity contribution in [2.24, 2.45) is 5.92 Å². The highest BCUT2D eigenvalue weighted by Gasteiger charge is 2.59. The lowest BCUT2D eigenvalue weighted by atomic mass is 9.90. The third kappa shape index (κ3) is 4.47. The molecule has 1 heterocycles. The van der Waals surface area contributed by atoms with Gasteiger partial charge in [0, 0.05) is 23.6 Å². The third-order valence-corrected chi connectivity index (χ3v) is 7.00. The van der Waals surface area contributed by atoms with Crippen LogP contribution in [-0.4, -0.2) is 40.1 Å². The first-order valence-electron chi connectivity index (χ1n) is 11.2. The number of Topliss-reactive ketones (excluding diaryl/α,β-unsaturated/α-hetero) is 1. The Kier molecular flexibility index (Phi) is 6.82. The Morgan fingerprint density at radius 1 is 0.941 bits per heavy atom. The molecule has 174 valence electrons. The molecule has 3 amide bonds. The summed E-state index contributed by atoms with van der Waals surface area (Å²) in [6, 6.07) is 22.7. The highest BCUT2D eigenvalue weighted by Crippen LogP contribution is 2.35. The van der Waals surface area contributed by atoms with Gasteiger partial charge < -0.3 is 10.4 Å². The molecule has 4 rings (SSSR count). The second-order valence-corrected chi connectivity index (χ2v) is 9.04. The Labute approximate surface area is 203 Å². The van der Waals surface area contributed by atoms with Gasteiger partial charge in [-0.15, -0.1) is 4.48 Å². The van der Waals surface area contributed by atoms with E-state index >= 15 is 0 Å². The number of hydrogen-bond donors (Lipinski definition) is 2. The third-order valence-electron chi connectivity index (χ3n) is 6.74. The van der Waals surface area contributed by atoms with Crippen LogP contribution >= 0.6 is 11.6 Å². The summed E-state index contributed by atoms with van der Waals surface area (Å²) >= 11 is 5.95. The zero-order valence-electron chi connectivity index (χ0n) is 18.8. The topological polar surface area (TPSA) is 83.5 Å². The average molecular weight is 478 g/mol. The van der Waals surface area contributed by atoms with Crippen LogP contribution in [0.1, 0.15) is 29.3 Å². The van der Waals surface area contributed by atoms with Crippen LogP contribution in [0.3, 0.4) is 0 Å². The van der Waals surface area contributed by atoms with Crippen molar-refractivity contribution in [2.45, 2.75) is 25.9 Å². The molecular weight excluding hydrogens is 452 g/mol. The Morgan fingerprint density at radius 2 is 1.53 bits per heavy atom. The van der Waals surface area contributed by atoms with Crippen molar-refractivity contribution in [2.75, 3.05) is 6.54 Å². The van der Waals surface area contributed by atoms with E-state index in [-0.39, 0.29) is 18.9 Å². The summed E-state index contributed by atoms with van der Waals surface area (Å²) in [5.74, 6) is -0.716. The first-order chi connectivity index (χ1) is 16.3. The van der Waals surface area contributed by atoms with Gasteiger partial charge in [-0.3, -0.25) is 4.79 Å². The van der Waals surface area contributed by atoms with Crippen LogP contribution in [0.25, 0.3) is 11.1 Å². The van der Waals surface area contributed by atoms with E-state index < -0.39 is 28.6 Å². The zero-order valence-corrected chi connectivity index (χ0v) is 19.5. The Hall–Kier alpha value is -3.48. The first kappa shape index (κ1) is 23.7. The maximum atomic E-state index is 13.3. The summed E-state index contributed by atoms with van der Waals surface area (Å²) in [5.41, 5.74) is 3.31. The lowest BCUT2D eigenvalue weighted by molar-refractivity contribution is -0.789. The predicted octanol–water partition coefficient (Wildman–Crippen LogP) is 6.00. The molecule has 1 aliphatic heterocycles. The summed E-state index contributed by atoms with van der Waals surface area (Å²) < 4.78 is -0.800. The molecule has 2 N–H and O–H groups in total. The molecule has 0 aromatic heterocycles. The van der Waals surface area contributed by atoms with E-state index in [1.807, 2.05) is 66.7 Å². The number of carbonyl (C=O) groups excluding carboxylic acids is 2. The van der Waals surface area contributed by atoms with Gasteiger partial charge in [0.2, 0.25) is 0 Å². The Balaban J connectivity index is 1.50. The van der Waals surface area contributed by atoms with Gasteiger partial charge in [0.1, 0.15) is 6.04 Å². The normalized spacial score (nSPS) is 21.7. The lowest BCUT2D eigenvalue weighted by Gasteiger charge is -2.30. The van der Waals surface area contributed by atoms with E-state index in [1.54, 1.807) is 19.1 Å². The summed E-state index contributed by atoms with van der Waals surface area (Å²) in [4.78, 5) is 38.7. The largest absolute Gasteiger partial charge is 0.523 e. The molecule has 1 aliphatic rings. The molecule has 0 radical (unpaired) electrons. The smallest absolute Gasteiger partial charge is 0.435 e. The van der Waals surface area contributed by atoms with Crippen molar-refractivity contribution in [3.8, 4) is 11.1 Å². The maximum Gasteiger partial charge on any atom is 0.523 e. The van der Waals surface area contributed by atoms with Crippen molar-refractivity contribution in [3.05, 3.63) is 95.0 Å². The molecule has 0 aliphatic carbocycles. The molecule has 1 saturated heterocycles. The number of nitrogens with zero attached hydrogens (tertiary/aromatic N) is 1. The fourth-order valence-corrected chi connectivity index (χ4v) is 4.81. The number of carbonyl (C=O) groups is 3. The number of halogens is 1. The van der Waals surface area contributed by atoms with Gasteiger partial charge in [-0.2, -0.15) is 4.79 Å². The van der Waals surface area contributed by atoms with E-state index in [0.717, 1.165) is 16.7 Å². The van der Waals surface area contributed by atoms with Crippen LogP contribution in [0, 0.1) is 5.92 Å². The number of hydrogen-bond acceptors (Lipinski definition) is 3. The first-order valence-corrected chi connectivity index (χ1v) is 11.5. The summed E-state index contributed by atoms with van der Waals surface area (Å²) in [7, 11) is 0. The van der Waals surface area contributed by atoms with Crippen molar-refractivity contribution >= 4 is 29.5 Å². The Morgan fingerprint density at radius 3 is 2.12 bits per heavy atom. The van der Waals surface area contributed by atoms with Crippen LogP contribution in [-0.2, 0) is 6.54 Å². The highest BCUT2D eigenvalue weighted by atomic mass is 35.5. The molecule has 3 aromatic carbocycles. The molecule has 1 fully saturated rings. The van der Waals surface area contributed by atoms with E-state index in [1.165, 1.54) is 0 Å². The number of amides is 3. The molecule has 34 heavy (non-hydrogen) atoms. The molecule has 0 saturated carbocycles. The number of ketones is 1. The van der Waals surface area contributed by atoms with Gasteiger partial charge in [0.15, 0.2) is 5.78 Å². The number of benzene rings is 3.